The van der Waals surface area contributed by atoms with Crippen molar-refractivity contribution >= 4 is 17.4 Å². The van der Waals surface area contributed by atoms with Gasteiger partial charge in [0.05, 0.1) is 14.2 Å². The fourth-order valence-corrected chi connectivity index (χ4v) is 4.59. The molecule has 5 heteroatoms. The molecule has 1 atom stereocenters. The molecule has 1 heterocycles. The number of hydrogen-bond donors (Lipinski definition) is 0. The fraction of sp³-hybridized carbons (Fsp3) is 0.360. The first-order chi connectivity index (χ1) is 14.3. The summed E-state index contributed by atoms with van der Waals surface area (Å²) >= 11 is 0. The maximum absolute atomic E-state index is 13.4. The largest absolute Gasteiger partial charge is 0.497 e. The van der Waals surface area contributed by atoms with Crippen molar-refractivity contribution in [3.05, 3.63) is 65.4 Å². The molecule has 5 nitrogen and oxygen atoms in total. The van der Waals surface area contributed by atoms with Gasteiger partial charge >= 0.3 is 0 Å². The molecule has 0 bridgehead atoms. The van der Waals surface area contributed by atoms with Crippen LogP contribution in [-0.4, -0.2) is 25.9 Å². The molecule has 2 aromatic rings. The number of amides is 1. The Balaban J connectivity index is 1.86. The number of anilines is 1. The van der Waals surface area contributed by atoms with Crippen molar-refractivity contribution in [3.8, 4) is 11.5 Å². The Morgan fingerprint density at radius 3 is 2.30 bits per heavy atom. The van der Waals surface area contributed by atoms with Gasteiger partial charge in [-0.1, -0.05) is 26.0 Å². The Labute approximate surface area is 177 Å². The summed E-state index contributed by atoms with van der Waals surface area (Å²) in [6.07, 6.45) is 1.41. The van der Waals surface area contributed by atoms with Gasteiger partial charge in [0, 0.05) is 35.7 Å². The molecule has 0 fully saturated rings. The third-order valence-corrected chi connectivity index (χ3v) is 5.97. The van der Waals surface area contributed by atoms with Crippen molar-refractivity contribution < 1.29 is 19.1 Å². The van der Waals surface area contributed by atoms with Crippen molar-refractivity contribution in [2.24, 2.45) is 5.41 Å². The van der Waals surface area contributed by atoms with Gasteiger partial charge in [-0.05, 0) is 53.8 Å². The Hall–Kier alpha value is -3.08. The number of ketones is 1. The van der Waals surface area contributed by atoms with E-state index in [0.29, 0.717) is 12.8 Å². The lowest BCUT2D eigenvalue weighted by Gasteiger charge is -2.43. The van der Waals surface area contributed by atoms with Gasteiger partial charge in [0.1, 0.15) is 11.5 Å². The number of hydrogen-bond acceptors (Lipinski definition) is 4. The SMILES string of the molecule is COc1ccc(N2C(=O)CC(c3cccc(OC)c3)C3=C2CC(C)(C)CC3=O)cc1. The molecule has 0 N–H and O–H groups in total. The smallest absolute Gasteiger partial charge is 0.232 e. The number of carbonyl (C=O) groups excluding carboxylic acids is 2. The first-order valence-corrected chi connectivity index (χ1v) is 10.2. The van der Waals surface area contributed by atoms with Gasteiger partial charge in [-0.25, -0.2) is 0 Å². The van der Waals surface area contributed by atoms with Crippen LogP contribution in [0.3, 0.4) is 0 Å². The van der Waals surface area contributed by atoms with E-state index >= 15 is 0 Å². The highest BCUT2D eigenvalue weighted by molar-refractivity contribution is 6.07. The third-order valence-electron chi connectivity index (χ3n) is 5.97. The first kappa shape index (κ1) is 20.2. The minimum Gasteiger partial charge on any atom is -0.497 e. The molecule has 4 rings (SSSR count). The van der Waals surface area contributed by atoms with E-state index in [1.807, 2.05) is 48.5 Å². The summed E-state index contributed by atoms with van der Waals surface area (Å²) in [6, 6.07) is 15.1. The van der Waals surface area contributed by atoms with Crippen molar-refractivity contribution in [2.45, 2.75) is 39.0 Å². The van der Waals surface area contributed by atoms with Crippen LogP contribution in [0.2, 0.25) is 0 Å². The monoisotopic (exact) mass is 405 g/mol. The zero-order chi connectivity index (χ0) is 21.5. The van der Waals surface area contributed by atoms with E-state index in [1.54, 1.807) is 19.1 Å². The molecule has 0 radical (unpaired) electrons. The van der Waals surface area contributed by atoms with Crippen LogP contribution in [0.15, 0.2) is 59.8 Å². The highest BCUT2D eigenvalue weighted by atomic mass is 16.5. The highest BCUT2D eigenvalue weighted by Gasteiger charge is 2.44. The summed E-state index contributed by atoms with van der Waals surface area (Å²) in [6.45, 7) is 4.17. The maximum Gasteiger partial charge on any atom is 0.232 e. The van der Waals surface area contributed by atoms with Crippen LogP contribution in [0, 0.1) is 5.41 Å². The van der Waals surface area contributed by atoms with E-state index in [9.17, 15) is 9.59 Å². The van der Waals surface area contributed by atoms with Gasteiger partial charge in [0.2, 0.25) is 5.91 Å². The van der Waals surface area contributed by atoms with Crippen molar-refractivity contribution in [2.75, 3.05) is 19.1 Å². The zero-order valence-corrected chi connectivity index (χ0v) is 17.9. The Morgan fingerprint density at radius 1 is 0.933 bits per heavy atom. The summed E-state index contributed by atoms with van der Waals surface area (Å²) in [5, 5.41) is 0. The zero-order valence-electron chi connectivity index (χ0n) is 17.9. The molecule has 2 aliphatic rings. The summed E-state index contributed by atoms with van der Waals surface area (Å²) < 4.78 is 10.6. The maximum atomic E-state index is 13.4. The lowest BCUT2D eigenvalue weighted by Crippen LogP contribution is -2.43. The quantitative estimate of drug-likeness (QED) is 0.728. The van der Waals surface area contributed by atoms with E-state index in [-0.39, 0.29) is 29.4 Å². The van der Waals surface area contributed by atoms with Crippen molar-refractivity contribution in [1.29, 1.82) is 0 Å². The van der Waals surface area contributed by atoms with Crippen molar-refractivity contribution in [3.63, 3.8) is 0 Å². The summed E-state index contributed by atoms with van der Waals surface area (Å²) in [4.78, 5) is 28.4. The Morgan fingerprint density at radius 2 is 1.63 bits per heavy atom. The van der Waals surface area contributed by atoms with Crippen LogP contribution >= 0.6 is 0 Å². The second-order valence-corrected chi connectivity index (χ2v) is 8.76. The number of allylic oxidation sites excluding steroid dienone is 2. The van der Waals surface area contributed by atoms with E-state index in [2.05, 4.69) is 13.8 Å². The predicted octanol–water partition coefficient (Wildman–Crippen LogP) is 4.87. The molecule has 1 aliphatic heterocycles. The summed E-state index contributed by atoms with van der Waals surface area (Å²) in [5.41, 5.74) is 3.10. The van der Waals surface area contributed by atoms with Crippen LogP contribution in [0.5, 0.6) is 11.5 Å². The van der Waals surface area contributed by atoms with Crippen LogP contribution in [-0.2, 0) is 9.59 Å². The second kappa shape index (κ2) is 7.63. The van der Waals surface area contributed by atoms with Gasteiger partial charge < -0.3 is 9.47 Å². The van der Waals surface area contributed by atoms with Gasteiger partial charge in [-0.3, -0.25) is 14.5 Å². The van der Waals surface area contributed by atoms with Crippen LogP contribution in [0.1, 0.15) is 44.6 Å². The van der Waals surface area contributed by atoms with Gasteiger partial charge in [-0.15, -0.1) is 0 Å². The minimum absolute atomic E-state index is 0.00256. The number of benzene rings is 2. The normalized spacial score (nSPS) is 20.8. The summed E-state index contributed by atoms with van der Waals surface area (Å²) in [5.74, 6) is 1.33. The average molecular weight is 405 g/mol. The second-order valence-electron chi connectivity index (χ2n) is 8.76. The molecular formula is C25H27NO4. The Kier molecular flexibility index (Phi) is 5.14. The number of rotatable bonds is 4. The fourth-order valence-electron chi connectivity index (χ4n) is 4.59. The number of methoxy groups -OCH3 is 2. The van der Waals surface area contributed by atoms with Gasteiger partial charge in [0.15, 0.2) is 5.78 Å². The number of carbonyl (C=O) groups is 2. The molecule has 0 aromatic heterocycles. The molecule has 1 aliphatic carbocycles. The molecular weight excluding hydrogens is 378 g/mol. The van der Waals surface area contributed by atoms with Crippen LogP contribution in [0.25, 0.3) is 0 Å². The molecule has 1 unspecified atom stereocenters. The molecule has 2 aromatic carbocycles. The highest BCUT2D eigenvalue weighted by Crippen LogP contribution is 2.48. The lowest BCUT2D eigenvalue weighted by atomic mass is 9.69. The topological polar surface area (TPSA) is 55.8 Å². The molecule has 30 heavy (non-hydrogen) atoms. The number of Topliss-reactive ketones (excluding diaryl/α,β-unsaturated/α-hetero) is 1. The van der Waals surface area contributed by atoms with E-state index in [0.717, 1.165) is 34.0 Å². The molecule has 0 saturated heterocycles. The van der Waals surface area contributed by atoms with Crippen LogP contribution in [0.4, 0.5) is 5.69 Å². The standard InChI is InChI=1S/C25H27NO4/c1-25(2)14-21-24(22(27)15-25)20(16-6-5-7-19(12-16)30-4)13-23(28)26(21)17-8-10-18(29-3)11-9-17/h5-12,20H,13-15H2,1-4H3. The van der Waals surface area contributed by atoms with Gasteiger partial charge in [-0.2, -0.15) is 0 Å². The van der Waals surface area contributed by atoms with E-state index < -0.39 is 0 Å². The average Bonchev–Trinajstić information content (AvgIpc) is 2.72. The predicted molar refractivity (Wildman–Crippen MR) is 116 cm³/mol. The van der Waals surface area contributed by atoms with Crippen molar-refractivity contribution in [1.82, 2.24) is 0 Å². The summed E-state index contributed by atoms with van der Waals surface area (Å²) in [7, 11) is 3.23. The Bertz CT molecular complexity index is 1020. The number of nitrogens with zero attached hydrogens (tertiary/aromatic N) is 1. The minimum atomic E-state index is -0.249. The molecule has 156 valence electrons. The first-order valence-electron chi connectivity index (χ1n) is 10.2. The lowest BCUT2D eigenvalue weighted by molar-refractivity contribution is -0.121. The van der Waals surface area contributed by atoms with Gasteiger partial charge in [0.25, 0.3) is 0 Å². The van der Waals surface area contributed by atoms with E-state index in [1.165, 1.54) is 0 Å². The number of ether oxygens (including phenoxy) is 2. The molecule has 0 saturated carbocycles. The van der Waals surface area contributed by atoms with Crippen LogP contribution < -0.4 is 14.4 Å². The van der Waals surface area contributed by atoms with E-state index in [4.69, 9.17) is 9.47 Å². The molecule has 1 amide bonds. The third kappa shape index (κ3) is 3.60. The molecule has 0 spiro atoms.